The summed E-state index contributed by atoms with van der Waals surface area (Å²) in [5, 5.41) is 5.91. The van der Waals surface area contributed by atoms with Crippen LogP contribution in [0.5, 0.6) is 0 Å². The summed E-state index contributed by atoms with van der Waals surface area (Å²) in [4.78, 5) is 43.1. The van der Waals surface area contributed by atoms with Crippen molar-refractivity contribution in [1.82, 2.24) is 14.9 Å². The molecule has 2 aromatic carbocycles. The van der Waals surface area contributed by atoms with Crippen molar-refractivity contribution >= 4 is 28.5 Å². The molecule has 0 saturated heterocycles. The van der Waals surface area contributed by atoms with Gasteiger partial charge in [0, 0.05) is 24.1 Å². The fourth-order valence-corrected chi connectivity index (χ4v) is 3.48. The zero-order chi connectivity index (χ0) is 23.4. The number of hydrogen-bond acceptors (Lipinski definition) is 4. The van der Waals surface area contributed by atoms with Crippen molar-refractivity contribution in [2.24, 2.45) is 0 Å². The Kier molecular flexibility index (Phi) is 6.31. The average Bonchev–Trinajstić information content (AvgIpc) is 2.81. The lowest BCUT2D eigenvalue weighted by Crippen LogP contribution is -2.30. The van der Waals surface area contributed by atoms with Gasteiger partial charge in [-0.15, -0.1) is 0 Å². The minimum atomic E-state index is -0.537. The lowest BCUT2D eigenvalue weighted by atomic mass is 10.1. The van der Waals surface area contributed by atoms with Crippen LogP contribution in [0.25, 0.3) is 11.0 Å². The maximum absolute atomic E-state index is 13.1. The molecule has 0 aliphatic heterocycles. The minimum Gasteiger partial charge on any atom is -0.350 e. The van der Waals surface area contributed by atoms with Gasteiger partial charge in [-0.25, -0.2) is 4.98 Å². The number of rotatable bonds is 6. The van der Waals surface area contributed by atoms with Crippen molar-refractivity contribution in [2.45, 2.75) is 26.9 Å². The predicted molar refractivity (Wildman–Crippen MR) is 128 cm³/mol. The third kappa shape index (κ3) is 5.15. The van der Waals surface area contributed by atoms with Crippen molar-refractivity contribution in [2.75, 3.05) is 5.32 Å². The van der Waals surface area contributed by atoms with Gasteiger partial charge in [-0.3, -0.25) is 14.4 Å². The molecule has 0 unspecified atom stereocenters. The van der Waals surface area contributed by atoms with E-state index in [1.807, 2.05) is 56.3 Å². The van der Waals surface area contributed by atoms with Crippen molar-refractivity contribution in [3.63, 3.8) is 0 Å². The third-order valence-electron chi connectivity index (χ3n) is 5.26. The van der Waals surface area contributed by atoms with E-state index in [0.717, 1.165) is 11.1 Å². The van der Waals surface area contributed by atoms with E-state index >= 15 is 0 Å². The number of anilines is 1. The van der Waals surface area contributed by atoms with Gasteiger partial charge in [-0.05, 0) is 43.7 Å². The highest BCUT2D eigenvalue weighted by Crippen LogP contribution is 2.14. The average molecular weight is 441 g/mol. The zero-order valence-electron chi connectivity index (χ0n) is 18.5. The van der Waals surface area contributed by atoms with Crippen LogP contribution < -0.4 is 16.1 Å². The molecule has 0 aliphatic rings. The SMILES string of the molecule is Cc1ccc(NC(=O)c2cn(CC(=O)NCc3ccccc3)c3nc(C)ccc3c2=O)cc1. The molecule has 4 aromatic rings. The van der Waals surface area contributed by atoms with Crippen LogP contribution in [0.4, 0.5) is 5.69 Å². The van der Waals surface area contributed by atoms with Crippen molar-refractivity contribution < 1.29 is 9.59 Å². The first-order chi connectivity index (χ1) is 15.9. The van der Waals surface area contributed by atoms with Gasteiger partial charge in [0.1, 0.15) is 17.8 Å². The zero-order valence-corrected chi connectivity index (χ0v) is 18.5. The van der Waals surface area contributed by atoms with E-state index < -0.39 is 11.3 Å². The van der Waals surface area contributed by atoms with Gasteiger partial charge in [-0.1, -0.05) is 48.0 Å². The predicted octanol–water partition coefficient (Wildman–Crippen LogP) is 3.58. The Balaban J connectivity index is 1.64. The molecule has 0 fully saturated rings. The summed E-state index contributed by atoms with van der Waals surface area (Å²) < 4.78 is 1.55. The summed E-state index contributed by atoms with van der Waals surface area (Å²) in [6.07, 6.45) is 1.41. The smallest absolute Gasteiger partial charge is 0.261 e. The molecule has 2 aromatic heterocycles. The van der Waals surface area contributed by atoms with E-state index in [1.165, 1.54) is 6.20 Å². The summed E-state index contributed by atoms with van der Waals surface area (Å²) in [7, 11) is 0. The Morgan fingerprint density at radius 1 is 0.939 bits per heavy atom. The number of aromatic nitrogens is 2. The number of benzene rings is 2. The molecule has 166 valence electrons. The quantitative estimate of drug-likeness (QED) is 0.479. The van der Waals surface area contributed by atoms with E-state index in [1.54, 1.807) is 28.8 Å². The molecule has 4 rings (SSSR count). The normalized spacial score (nSPS) is 10.7. The molecule has 33 heavy (non-hydrogen) atoms. The molecule has 0 aliphatic carbocycles. The van der Waals surface area contributed by atoms with E-state index in [-0.39, 0.29) is 23.4 Å². The Morgan fingerprint density at radius 3 is 2.39 bits per heavy atom. The highest BCUT2D eigenvalue weighted by Gasteiger charge is 2.18. The molecular formula is C26H24N4O3. The van der Waals surface area contributed by atoms with Crippen LogP contribution in [-0.2, 0) is 17.9 Å². The molecule has 7 nitrogen and oxygen atoms in total. The molecule has 0 saturated carbocycles. The van der Waals surface area contributed by atoms with Gasteiger partial charge >= 0.3 is 0 Å². The highest BCUT2D eigenvalue weighted by atomic mass is 16.2. The monoisotopic (exact) mass is 440 g/mol. The van der Waals surface area contributed by atoms with Crippen LogP contribution in [0.2, 0.25) is 0 Å². The molecule has 0 atom stereocenters. The van der Waals surface area contributed by atoms with Crippen molar-refractivity contribution in [1.29, 1.82) is 0 Å². The highest BCUT2D eigenvalue weighted by molar-refractivity contribution is 6.05. The van der Waals surface area contributed by atoms with Gasteiger partial charge in [0.25, 0.3) is 5.91 Å². The van der Waals surface area contributed by atoms with Crippen LogP contribution in [-0.4, -0.2) is 21.4 Å². The Labute approximate surface area is 191 Å². The summed E-state index contributed by atoms with van der Waals surface area (Å²) in [6, 6.07) is 20.2. The number of hydrogen-bond donors (Lipinski definition) is 2. The molecule has 2 amide bonds. The van der Waals surface area contributed by atoms with Crippen LogP contribution in [0.15, 0.2) is 77.7 Å². The second-order valence-corrected chi connectivity index (χ2v) is 7.91. The molecular weight excluding hydrogens is 416 g/mol. The number of aryl methyl sites for hydroxylation is 2. The first kappa shape index (κ1) is 22.0. The molecule has 2 heterocycles. The Hall–Kier alpha value is -4.26. The topological polar surface area (TPSA) is 93.1 Å². The van der Waals surface area contributed by atoms with Gasteiger partial charge in [-0.2, -0.15) is 0 Å². The fraction of sp³-hybridized carbons (Fsp3) is 0.154. The number of pyridine rings is 2. The Bertz CT molecular complexity index is 1380. The van der Waals surface area contributed by atoms with Crippen LogP contribution in [0.3, 0.4) is 0 Å². The second-order valence-electron chi connectivity index (χ2n) is 7.91. The summed E-state index contributed by atoms with van der Waals surface area (Å²) in [5.74, 6) is -0.790. The molecule has 0 spiro atoms. The number of nitrogens with zero attached hydrogens (tertiary/aromatic N) is 2. The first-order valence-corrected chi connectivity index (χ1v) is 10.6. The number of fused-ring (bicyclic) bond motifs is 1. The summed E-state index contributed by atoms with van der Waals surface area (Å²) in [5.41, 5.74) is 3.21. The van der Waals surface area contributed by atoms with Gasteiger partial charge in [0.2, 0.25) is 11.3 Å². The molecule has 2 N–H and O–H groups in total. The molecule has 0 bridgehead atoms. The van der Waals surface area contributed by atoms with Gasteiger partial charge < -0.3 is 15.2 Å². The van der Waals surface area contributed by atoms with Gasteiger partial charge in [0.05, 0.1) is 5.39 Å². The lowest BCUT2D eigenvalue weighted by molar-refractivity contribution is -0.121. The standard InChI is InChI=1S/C26H24N4O3/c1-17-8-11-20(12-9-17)29-26(33)22-15-30(25-21(24(22)32)13-10-18(2)28-25)16-23(31)27-14-19-6-4-3-5-7-19/h3-13,15H,14,16H2,1-2H3,(H,27,31)(H,29,33). The van der Waals surface area contributed by atoms with Crippen molar-refractivity contribution in [3.8, 4) is 0 Å². The van der Waals surface area contributed by atoms with Gasteiger partial charge in [0.15, 0.2) is 0 Å². The first-order valence-electron chi connectivity index (χ1n) is 10.6. The molecule has 0 radical (unpaired) electrons. The van der Waals surface area contributed by atoms with E-state index in [9.17, 15) is 14.4 Å². The van der Waals surface area contributed by atoms with Crippen LogP contribution in [0.1, 0.15) is 27.2 Å². The number of carbonyl (C=O) groups is 2. The van der Waals surface area contributed by atoms with E-state index in [0.29, 0.717) is 23.6 Å². The number of nitrogens with one attached hydrogen (secondary N) is 2. The van der Waals surface area contributed by atoms with E-state index in [4.69, 9.17) is 0 Å². The Morgan fingerprint density at radius 2 is 1.67 bits per heavy atom. The van der Waals surface area contributed by atoms with Crippen molar-refractivity contribution in [3.05, 3.63) is 106 Å². The number of amides is 2. The molecule has 7 heteroatoms. The maximum Gasteiger partial charge on any atom is 0.261 e. The third-order valence-corrected chi connectivity index (χ3v) is 5.26. The lowest BCUT2D eigenvalue weighted by Gasteiger charge is -2.14. The fourth-order valence-electron chi connectivity index (χ4n) is 3.48. The number of carbonyl (C=O) groups excluding carboxylic acids is 2. The maximum atomic E-state index is 13.1. The van der Waals surface area contributed by atoms with Crippen LogP contribution >= 0.6 is 0 Å². The summed E-state index contributed by atoms with van der Waals surface area (Å²) in [6.45, 7) is 4.06. The minimum absolute atomic E-state index is 0.0513. The summed E-state index contributed by atoms with van der Waals surface area (Å²) >= 11 is 0. The largest absolute Gasteiger partial charge is 0.350 e. The van der Waals surface area contributed by atoms with Crippen LogP contribution in [0, 0.1) is 13.8 Å². The second kappa shape index (κ2) is 9.48. The van der Waals surface area contributed by atoms with E-state index in [2.05, 4.69) is 15.6 Å².